The van der Waals surface area contributed by atoms with Crippen molar-refractivity contribution >= 4 is 22.7 Å². The fourth-order valence-corrected chi connectivity index (χ4v) is 3.11. The van der Waals surface area contributed by atoms with Gasteiger partial charge in [-0.2, -0.15) is 0 Å². The van der Waals surface area contributed by atoms with Gasteiger partial charge in [0.15, 0.2) is 5.58 Å². The van der Waals surface area contributed by atoms with Gasteiger partial charge in [0.1, 0.15) is 0 Å². The number of nitrogens with zero attached hydrogens (tertiary/aromatic N) is 1. The first-order chi connectivity index (χ1) is 12.0. The van der Waals surface area contributed by atoms with Gasteiger partial charge in [-0.25, -0.2) is 4.79 Å². The largest absolute Gasteiger partial charge is 0.419 e. The topological polar surface area (TPSA) is 85.5 Å². The van der Waals surface area contributed by atoms with Crippen LogP contribution in [0.5, 0.6) is 0 Å². The second-order valence-corrected chi connectivity index (χ2v) is 6.87. The van der Waals surface area contributed by atoms with Gasteiger partial charge in [0.25, 0.3) is 0 Å². The Kier molecular flexibility index (Phi) is 5.24. The van der Waals surface area contributed by atoms with Crippen LogP contribution in [-0.4, -0.2) is 35.8 Å². The van der Waals surface area contributed by atoms with Gasteiger partial charge in [0.2, 0.25) is 5.91 Å². The number of ether oxygens (including phenoxy) is 1. The highest BCUT2D eigenvalue weighted by Gasteiger charge is 2.26. The van der Waals surface area contributed by atoms with Crippen molar-refractivity contribution in [2.75, 3.05) is 18.5 Å². The van der Waals surface area contributed by atoms with Gasteiger partial charge >= 0.3 is 5.76 Å². The summed E-state index contributed by atoms with van der Waals surface area (Å²) in [6.07, 6.45) is 1.83. The first-order valence-electron chi connectivity index (χ1n) is 8.70. The summed E-state index contributed by atoms with van der Waals surface area (Å²) >= 11 is 0. The van der Waals surface area contributed by atoms with E-state index in [4.69, 9.17) is 9.15 Å². The molecule has 1 aromatic carbocycles. The van der Waals surface area contributed by atoms with Gasteiger partial charge in [0, 0.05) is 32.0 Å². The normalized spacial score (nSPS) is 17.1. The molecule has 2 heterocycles. The van der Waals surface area contributed by atoms with Crippen LogP contribution in [0.3, 0.4) is 0 Å². The highest BCUT2D eigenvalue weighted by Crippen LogP contribution is 2.19. The van der Waals surface area contributed by atoms with Crippen LogP contribution in [0.15, 0.2) is 27.4 Å². The number of fused-ring (bicyclic) bond motifs is 1. The van der Waals surface area contributed by atoms with Crippen molar-refractivity contribution in [2.45, 2.75) is 38.8 Å². The summed E-state index contributed by atoms with van der Waals surface area (Å²) in [4.78, 5) is 24.3. The third-order valence-corrected chi connectivity index (χ3v) is 4.64. The van der Waals surface area contributed by atoms with Gasteiger partial charge in [-0.05, 0) is 37.0 Å². The average molecular weight is 347 g/mol. The number of aryl methyl sites for hydroxylation is 1. The number of hydrogen-bond donors (Lipinski definition) is 2. The second-order valence-electron chi connectivity index (χ2n) is 6.87. The lowest BCUT2D eigenvalue weighted by Gasteiger charge is -2.30. The molecule has 0 bridgehead atoms. The monoisotopic (exact) mass is 347 g/mol. The zero-order valence-corrected chi connectivity index (χ0v) is 14.9. The molecular formula is C18H25N3O4. The minimum atomic E-state index is -0.417. The Morgan fingerprint density at radius 2 is 2.00 bits per heavy atom. The number of anilines is 1. The summed E-state index contributed by atoms with van der Waals surface area (Å²) in [5.41, 5.74) is 1.81. The van der Waals surface area contributed by atoms with E-state index in [1.807, 2.05) is 13.8 Å². The van der Waals surface area contributed by atoms with Gasteiger partial charge in [-0.3, -0.25) is 9.36 Å². The highest BCUT2D eigenvalue weighted by atomic mass is 16.5. The Morgan fingerprint density at radius 1 is 1.28 bits per heavy atom. The average Bonchev–Trinajstić information content (AvgIpc) is 2.88. The van der Waals surface area contributed by atoms with Crippen LogP contribution < -0.4 is 16.4 Å². The van der Waals surface area contributed by atoms with E-state index in [1.165, 1.54) is 4.57 Å². The lowest BCUT2D eigenvalue weighted by Crippen LogP contribution is -2.50. The molecule has 1 fully saturated rings. The Balaban J connectivity index is 1.74. The number of hydrogen-bond acceptors (Lipinski definition) is 5. The maximum atomic E-state index is 12.8. The predicted molar refractivity (Wildman–Crippen MR) is 95.7 cm³/mol. The Labute approximate surface area is 146 Å². The highest BCUT2D eigenvalue weighted by molar-refractivity contribution is 5.96. The molecule has 1 saturated heterocycles. The summed E-state index contributed by atoms with van der Waals surface area (Å²) in [5, 5.41) is 6.41. The molecule has 1 amide bonds. The van der Waals surface area contributed by atoms with E-state index in [1.54, 1.807) is 25.2 Å². The van der Waals surface area contributed by atoms with Crippen LogP contribution >= 0.6 is 0 Å². The van der Waals surface area contributed by atoms with E-state index in [2.05, 4.69) is 10.6 Å². The molecular weight excluding hydrogens is 322 g/mol. The fraction of sp³-hybridized carbons (Fsp3) is 0.556. The van der Waals surface area contributed by atoms with Crippen molar-refractivity contribution in [3.63, 3.8) is 0 Å². The zero-order chi connectivity index (χ0) is 18.0. The summed E-state index contributed by atoms with van der Waals surface area (Å²) in [7, 11) is 1.64. The Bertz CT molecular complexity index is 802. The molecule has 1 aliphatic rings. The standard InChI is InChI=1S/C18H25N3O4/c1-11(2)16(19-12-6-8-24-9-7-12)17(22)20-13-4-5-15-14(10-13)21(3)18(23)25-15/h4-5,10-12,16,19H,6-9H2,1-3H3,(H,20,22)/t16-/m0/s1. The fourth-order valence-electron chi connectivity index (χ4n) is 3.11. The maximum absolute atomic E-state index is 12.8. The van der Waals surface area contributed by atoms with Crippen LogP contribution in [0.1, 0.15) is 26.7 Å². The van der Waals surface area contributed by atoms with Crippen molar-refractivity contribution in [2.24, 2.45) is 13.0 Å². The van der Waals surface area contributed by atoms with E-state index in [0.717, 1.165) is 26.1 Å². The van der Waals surface area contributed by atoms with Crippen LogP contribution in [-0.2, 0) is 16.6 Å². The Morgan fingerprint density at radius 3 is 2.68 bits per heavy atom. The molecule has 2 aromatic rings. The van der Waals surface area contributed by atoms with Gasteiger partial charge in [0.05, 0.1) is 11.6 Å². The molecule has 0 saturated carbocycles. The van der Waals surface area contributed by atoms with Gasteiger partial charge in [-0.15, -0.1) is 0 Å². The number of aromatic nitrogens is 1. The molecule has 25 heavy (non-hydrogen) atoms. The predicted octanol–water partition coefficient (Wildman–Crippen LogP) is 1.86. The molecule has 0 radical (unpaired) electrons. The molecule has 3 rings (SSSR count). The molecule has 7 nitrogen and oxygen atoms in total. The van der Waals surface area contributed by atoms with Gasteiger partial charge < -0.3 is 19.8 Å². The minimum absolute atomic E-state index is 0.0747. The molecule has 1 aliphatic heterocycles. The summed E-state index contributed by atoms with van der Waals surface area (Å²) in [5.74, 6) is -0.334. The number of nitrogens with one attached hydrogen (secondary N) is 2. The third-order valence-electron chi connectivity index (χ3n) is 4.64. The lowest BCUT2D eigenvalue weighted by atomic mass is 10.00. The van der Waals surface area contributed by atoms with Crippen molar-refractivity contribution in [1.82, 2.24) is 9.88 Å². The number of carbonyl (C=O) groups is 1. The van der Waals surface area contributed by atoms with E-state index in [9.17, 15) is 9.59 Å². The third kappa shape index (κ3) is 3.93. The van der Waals surface area contributed by atoms with Crippen LogP contribution in [0.25, 0.3) is 11.1 Å². The number of benzene rings is 1. The van der Waals surface area contributed by atoms with Crippen LogP contribution in [0.4, 0.5) is 5.69 Å². The van der Waals surface area contributed by atoms with Gasteiger partial charge in [-0.1, -0.05) is 13.8 Å². The zero-order valence-electron chi connectivity index (χ0n) is 14.9. The summed E-state index contributed by atoms with van der Waals surface area (Å²) in [6, 6.07) is 5.21. The van der Waals surface area contributed by atoms with E-state index in [0.29, 0.717) is 22.8 Å². The van der Waals surface area contributed by atoms with Crippen molar-refractivity contribution in [3.8, 4) is 0 Å². The molecule has 0 unspecified atom stereocenters. The van der Waals surface area contributed by atoms with E-state index in [-0.39, 0.29) is 17.9 Å². The SMILES string of the molecule is CC(C)[C@H](NC1CCOCC1)C(=O)Nc1ccc2oc(=O)n(C)c2c1. The number of rotatable bonds is 5. The van der Waals surface area contributed by atoms with Crippen molar-refractivity contribution in [3.05, 3.63) is 28.7 Å². The molecule has 7 heteroatoms. The smallest absolute Gasteiger partial charge is 0.408 e. The summed E-state index contributed by atoms with van der Waals surface area (Å²) < 4.78 is 11.9. The molecule has 136 valence electrons. The number of amides is 1. The first-order valence-corrected chi connectivity index (χ1v) is 8.70. The number of carbonyl (C=O) groups excluding carboxylic acids is 1. The maximum Gasteiger partial charge on any atom is 0.419 e. The second kappa shape index (κ2) is 7.41. The molecule has 0 aliphatic carbocycles. The molecule has 2 N–H and O–H groups in total. The van der Waals surface area contributed by atoms with E-state index < -0.39 is 5.76 Å². The molecule has 1 atom stereocenters. The quantitative estimate of drug-likeness (QED) is 0.862. The lowest BCUT2D eigenvalue weighted by molar-refractivity contribution is -0.119. The van der Waals surface area contributed by atoms with E-state index >= 15 is 0 Å². The first kappa shape index (κ1) is 17.7. The van der Waals surface area contributed by atoms with Crippen molar-refractivity contribution in [1.29, 1.82) is 0 Å². The molecule has 1 aromatic heterocycles. The minimum Gasteiger partial charge on any atom is -0.408 e. The van der Waals surface area contributed by atoms with Crippen LogP contribution in [0, 0.1) is 5.92 Å². The number of oxazole rings is 1. The van der Waals surface area contributed by atoms with Crippen LogP contribution in [0.2, 0.25) is 0 Å². The Hall–Kier alpha value is -2.12. The van der Waals surface area contributed by atoms with Crippen molar-refractivity contribution < 1.29 is 13.9 Å². The summed E-state index contributed by atoms with van der Waals surface area (Å²) in [6.45, 7) is 5.52. The molecule has 0 spiro atoms.